The summed E-state index contributed by atoms with van der Waals surface area (Å²) in [5.74, 6) is 0. The average Bonchev–Trinajstić information content (AvgIpc) is 2.21. The molecule has 2 heterocycles. The second-order valence-electron chi connectivity index (χ2n) is 5.40. The van der Waals surface area contributed by atoms with E-state index in [0.717, 1.165) is 10.3 Å². The Balaban J connectivity index is 2.21. The molecule has 0 aromatic carbocycles. The molecule has 1 aliphatic heterocycles. The van der Waals surface area contributed by atoms with Crippen molar-refractivity contribution in [3.63, 3.8) is 0 Å². The van der Waals surface area contributed by atoms with E-state index < -0.39 is 16.9 Å². The van der Waals surface area contributed by atoms with Gasteiger partial charge in [-0.2, -0.15) is 0 Å². The predicted molar refractivity (Wildman–Crippen MR) is 75.5 cm³/mol. The Morgan fingerprint density at radius 2 is 2.11 bits per heavy atom. The molecular weight excluding hydrogens is 316 g/mol. The Hall–Kier alpha value is -0.140. The molecule has 2 rings (SSSR count). The summed E-state index contributed by atoms with van der Waals surface area (Å²) in [6, 6.07) is 5.73. The van der Waals surface area contributed by atoms with Crippen molar-refractivity contribution < 1.29 is 9.29 Å². The Morgan fingerprint density at radius 3 is 2.56 bits per heavy atom. The lowest BCUT2D eigenvalue weighted by Crippen LogP contribution is -2.62. The fourth-order valence-electron chi connectivity index (χ4n) is 1.57. The highest BCUT2D eigenvalue weighted by atomic mass is 79.9. The average molecular weight is 333 g/mol. The van der Waals surface area contributed by atoms with Crippen LogP contribution in [-0.2, 0) is 21.6 Å². The molecule has 1 atom stereocenters. The van der Waals surface area contributed by atoms with Crippen molar-refractivity contribution in [3.8, 4) is 0 Å². The van der Waals surface area contributed by atoms with Gasteiger partial charge >= 0.3 is 0 Å². The number of pyridine rings is 1. The highest BCUT2D eigenvalue weighted by Crippen LogP contribution is 2.31. The second kappa shape index (κ2) is 5.09. The smallest absolute Gasteiger partial charge is 0.151 e. The van der Waals surface area contributed by atoms with Crippen LogP contribution < -0.4 is 4.72 Å². The van der Waals surface area contributed by atoms with Crippen LogP contribution in [-0.4, -0.2) is 27.5 Å². The van der Waals surface area contributed by atoms with Crippen LogP contribution in [0.3, 0.4) is 0 Å². The number of nitrogens with zero attached hydrogens (tertiary/aromatic N) is 1. The molecule has 0 aliphatic carbocycles. The van der Waals surface area contributed by atoms with Crippen LogP contribution in [0, 0.1) is 0 Å². The molecule has 0 amide bonds. The molecule has 1 fully saturated rings. The van der Waals surface area contributed by atoms with Gasteiger partial charge in [-0.3, -0.25) is 0 Å². The van der Waals surface area contributed by atoms with E-state index in [1.165, 1.54) is 0 Å². The topological polar surface area (TPSA) is 57.2 Å². The predicted octanol–water partition coefficient (Wildman–Crippen LogP) is 2.12. The Morgan fingerprint density at radius 1 is 1.44 bits per heavy atom. The molecule has 18 heavy (non-hydrogen) atoms. The summed E-state index contributed by atoms with van der Waals surface area (Å²) in [5.41, 5.74) is 0.433. The van der Waals surface area contributed by atoms with Crippen molar-refractivity contribution in [2.45, 2.75) is 31.1 Å². The van der Waals surface area contributed by atoms with Gasteiger partial charge in [-0.25, -0.2) is 4.98 Å². The summed E-state index contributed by atoms with van der Waals surface area (Å²) in [7, 11) is 0. The molecule has 1 N–H and O–H groups in total. The number of nitrogens with one attached hydrogen (secondary N) is 1. The van der Waals surface area contributed by atoms with Gasteiger partial charge in [0.1, 0.15) is 9.35 Å². The maximum atomic E-state index is 12.2. The van der Waals surface area contributed by atoms with Crippen LogP contribution in [0.15, 0.2) is 22.8 Å². The summed E-state index contributed by atoms with van der Waals surface area (Å²) in [5, 5.41) is 0. The fourth-order valence-corrected chi connectivity index (χ4v) is 2.80. The molecule has 1 aromatic rings. The van der Waals surface area contributed by atoms with E-state index in [1.54, 1.807) is 0 Å². The Bertz CT molecular complexity index is 432. The summed E-state index contributed by atoms with van der Waals surface area (Å²) < 4.78 is 21.2. The number of ether oxygens (including phenoxy) is 1. The van der Waals surface area contributed by atoms with E-state index in [4.69, 9.17) is 4.74 Å². The quantitative estimate of drug-likeness (QED) is 0.680. The summed E-state index contributed by atoms with van der Waals surface area (Å²) in [6.45, 7) is 6.82. The van der Waals surface area contributed by atoms with E-state index >= 15 is 0 Å². The number of rotatable bonds is 3. The Labute approximate surface area is 119 Å². The maximum absolute atomic E-state index is 12.2. The summed E-state index contributed by atoms with van der Waals surface area (Å²) in [4.78, 5) is 4.44. The number of aromatic nitrogens is 1. The van der Waals surface area contributed by atoms with E-state index in [0.29, 0.717) is 13.2 Å². The molecular formula is C12H17BrN2O2S. The Kier molecular flexibility index (Phi) is 4.04. The monoisotopic (exact) mass is 332 g/mol. The molecule has 1 aromatic heterocycles. The highest BCUT2D eigenvalue weighted by Gasteiger charge is 2.47. The zero-order valence-electron chi connectivity index (χ0n) is 10.7. The van der Waals surface area contributed by atoms with Crippen LogP contribution in [0.4, 0.5) is 0 Å². The number of halogens is 1. The zero-order chi connectivity index (χ0) is 13.4. The maximum Gasteiger partial charge on any atom is 0.151 e. The van der Waals surface area contributed by atoms with E-state index in [9.17, 15) is 4.55 Å². The molecule has 0 saturated carbocycles. The van der Waals surface area contributed by atoms with Crippen molar-refractivity contribution in [1.82, 2.24) is 9.71 Å². The molecule has 0 radical (unpaired) electrons. The van der Waals surface area contributed by atoms with Crippen LogP contribution in [0.2, 0.25) is 0 Å². The fraction of sp³-hybridized carbons (Fsp3) is 0.583. The van der Waals surface area contributed by atoms with E-state index in [1.807, 2.05) is 39.0 Å². The van der Waals surface area contributed by atoms with Gasteiger partial charge in [-0.1, -0.05) is 6.07 Å². The number of hydrogen-bond donors (Lipinski definition) is 1. The van der Waals surface area contributed by atoms with Crippen molar-refractivity contribution in [3.05, 3.63) is 28.5 Å². The first-order valence-electron chi connectivity index (χ1n) is 5.74. The van der Waals surface area contributed by atoms with Gasteiger partial charge in [-0.05, 0) is 48.8 Å². The third-order valence-electron chi connectivity index (χ3n) is 2.75. The summed E-state index contributed by atoms with van der Waals surface area (Å²) >= 11 is 2.21. The zero-order valence-corrected chi connectivity index (χ0v) is 13.1. The van der Waals surface area contributed by atoms with Crippen molar-refractivity contribution in [2.75, 3.05) is 13.2 Å². The standard InChI is InChI=1S/C12H17BrN2O2S/c1-11(2,3)18(16)15-12(7-17-8-12)9-5-4-6-10(13)14-9/h4-6,15H,7-8H2,1-3H3/t18-/m1/s1. The minimum atomic E-state index is -1.15. The molecule has 6 heteroatoms. The van der Waals surface area contributed by atoms with Gasteiger partial charge in [0.2, 0.25) is 0 Å². The van der Waals surface area contributed by atoms with Gasteiger partial charge in [0.15, 0.2) is 5.54 Å². The first-order chi connectivity index (χ1) is 8.33. The second-order valence-corrected chi connectivity index (χ2v) is 8.18. The first kappa shape index (κ1) is 14.3. The largest absolute Gasteiger partial charge is 0.598 e. The van der Waals surface area contributed by atoms with Crippen molar-refractivity contribution in [1.29, 1.82) is 0 Å². The molecule has 0 bridgehead atoms. The molecule has 1 saturated heterocycles. The van der Waals surface area contributed by atoms with Gasteiger partial charge in [0.25, 0.3) is 0 Å². The molecule has 100 valence electrons. The molecule has 4 nitrogen and oxygen atoms in total. The third-order valence-corrected chi connectivity index (χ3v) is 4.88. The molecule has 0 spiro atoms. The lowest BCUT2D eigenvalue weighted by atomic mass is 9.94. The van der Waals surface area contributed by atoms with Crippen LogP contribution in [0.25, 0.3) is 0 Å². The van der Waals surface area contributed by atoms with Crippen molar-refractivity contribution in [2.24, 2.45) is 0 Å². The highest BCUT2D eigenvalue weighted by molar-refractivity contribution is 9.10. The van der Waals surface area contributed by atoms with E-state index in [2.05, 4.69) is 25.6 Å². The summed E-state index contributed by atoms with van der Waals surface area (Å²) in [6.07, 6.45) is 0. The van der Waals surface area contributed by atoms with Gasteiger partial charge in [0.05, 0.1) is 18.9 Å². The minimum Gasteiger partial charge on any atom is -0.598 e. The lowest BCUT2D eigenvalue weighted by molar-refractivity contribution is -0.0688. The molecule has 1 aliphatic rings. The SMILES string of the molecule is CC(C)(C)[S@@+]([O-])NC1(c2cccc(Br)n2)COC1. The normalized spacial score (nSPS) is 20.3. The van der Waals surface area contributed by atoms with Crippen molar-refractivity contribution >= 4 is 27.3 Å². The van der Waals surface area contributed by atoms with Crippen LogP contribution in [0.5, 0.6) is 0 Å². The van der Waals surface area contributed by atoms with Crippen LogP contribution in [0.1, 0.15) is 26.5 Å². The molecule has 0 unspecified atom stereocenters. The van der Waals surface area contributed by atoms with Crippen LogP contribution >= 0.6 is 15.9 Å². The third kappa shape index (κ3) is 2.88. The minimum absolute atomic E-state index is 0.311. The number of hydrogen-bond acceptors (Lipinski definition) is 4. The van der Waals surface area contributed by atoms with Gasteiger partial charge < -0.3 is 9.29 Å². The van der Waals surface area contributed by atoms with Gasteiger partial charge in [-0.15, -0.1) is 4.72 Å². The van der Waals surface area contributed by atoms with E-state index in [-0.39, 0.29) is 4.75 Å². The lowest BCUT2D eigenvalue weighted by Gasteiger charge is -2.42. The first-order valence-corrected chi connectivity index (χ1v) is 7.68. The van der Waals surface area contributed by atoms with Gasteiger partial charge in [0, 0.05) is 11.4 Å².